The van der Waals surface area contributed by atoms with Crippen LogP contribution in [0.4, 0.5) is 5.95 Å². The number of hydrogen-bond donors (Lipinski definition) is 1. The van der Waals surface area contributed by atoms with Crippen LogP contribution in [0.2, 0.25) is 10.0 Å². The summed E-state index contributed by atoms with van der Waals surface area (Å²) in [4.78, 5) is 13.0. The molecule has 1 aromatic carbocycles. The van der Waals surface area contributed by atoms with Crippen LogP contribution in [0.5, 0.6) is 0 Å². The molecule has 24 heavy (non-hydrogen) atoms. The molecule has 0 aliphatic carbocycles. The van der Waals surface area contributed by atoms with Gasteiger partial charge in [-0.15, -0.1) is 5.10 Å². The van der Waals surface area contributed by atoms with Crippen molar-refractivity contribution in [3.05, 3.63) is 52.2 Å². The van der Waals surface area contributed by atoms with Crippen molar-refractivity contribution in [2.75, 3.05) is 5.32 Å². The minimum Gasteiger partial charge on any atom is -0.457 e. The summed E-state index contributed by atoms with van der Waals surface area (Å²) in [7, 11) is 1.60. The molecule has 0 saturated carbocycles. The number of benzene rings is 1. The highest BCUT2D eigenvalue weighted by molar-refractivity contribution is 6.35. The summed E-state index contributed by atoms with van der Waals surface area (Å²) in [5.41, 5.74) is 0.750. The smallest absolute Gasteiger partial charge is 0.270 e. The molecule has 3 rings (SSSR count). The Morgan fingerprint density at radius 3 is 2.67 bits per heavy atom. The van der Waals surface area contributed by atoms with E-state index < -0.39 is 5.91 Å². The number of anilines is 1. The SMILES string of the molecule is Cn1nnc(NC(=O)/C=C/c2ccc(-c3cc(Cl)cc(Cl)c3)o2)n1. The van der Waals surface area contributed by atoms with Gasteiger partial charge >= 0.3 is 0 Å². The highest BCUT2D eigenvalue weighted by Gasteiger charge is 2.07. The number of carbonyl (C=O) groups excluding carboxylic acids is 1. The number of amides is 1. The van der Waals surface area contributed by atoms with E-state index in [-0.39, 0.29) is 5.95 Å². The number of rotatable bonds is 4. The van der Waals surface area contributed by atoms with Gasteiger partial charge in [0.05, 0.1) is 7.05 Å². The zero-order chi connectivity index (χ0) is 17.1. The van der Waals surface area contributed by atoms with E-state index in [1.165, 1.54) is 16.9 Å². The fourth-order valence-corrected chi connectivity index (χ4v) is 2.46. The quantitative estimate of drug-likeness (QED) is 0.717. The van der Waals surface area contributed by atoms with E-state index in [1.807, 2.05) is 0 Å². The zero-order valence-electron chi connectivity index (χ0n) is 12.4. The van der Waals surface area contributed by atoms with Gasteiger partial charge in [-0.05, 0) is 41.6 Å². The number of nitrogens with one attached hydrogen (secondary N) is 1. The van der Waals surface area contributed by atoms with E-state index in [0.29, 0.717) is 21.6 Å². The molecule has 2 aromatic heterocycles. The number of nitrogens with zero attached hydrogens (tertiary/aromatic N) is 4. The molecule has 0 aliphatic heterocycles. The first kappa shape index (κ1) is 16.2. The fourth-order valence-electron chi connectivity index (χ4n) is 1.94. The summed E-state index contributed by atoms with van der Waals surface area (Å²) >= 11 is 12.0. The Bertz CT molecular complexity index is 896. The van der Waals surface area contributed by atoms with Crippen molar-refractivity contribution < 1.29 is 9.21 Å². The van der Waals surface area contributed by atoms with Crippen LogP contribution in [0, 0.1) is 0 Å². The second-order valence-electron chi connectivity index (χ2n) is 4.79. The molecule has 122 valence electrons. The third-order valence-corrected chi connectivity index (χ3v) is 3.35. The van der Waals surface area contributed by atoms with Crippen LogP contribution >= 0.6 is 23.2 Å². The minimum atomic E-state index is -0.397. The molecule has 0 spiro atoms. The van der Waals surface area contributed by atoms with E-state index >= 15 is 0 Å². The van der Waals surface area contributed by atoms with Crippen molar-refractivity contribution in [3.63, 3.8) is 0 Å². The van der Waals surface area contributed by atoms with Crippen LogP contribution in [-0.4, -0.2) is 26.1 Å². The molecular weight excluding hydrogens is 353 g/mol. The molecule has 3 aromatic rings. The lowest BCUT2D eigenvalue weighted by molar-refractivity contribution is -0.111. The van der Waals surface area contributed by atoms with Gasteiger partial charge in [-0.3, -0.25) is 10.1 Å². The van der Waals surface area contributed by atoms with Crippen LogP contribution in [0.25, 0.3) is 17.4 Å². The minimum absolute atomic E-state index is 0.126. The van der Waals surface area contributed by atoms with E-state index in [9.17, 15) is 4.79 Å². The Morgan fingerprint density at radius 2 is 2.00 bits per heavy atom. The molecule has 0 radical (unpaired) electrons. The Morgan fingerprint density at radius 1 is 1.25 bits per heavy atom. The molecule has 0 aliphatic rings. The van der Waals surface area contributed by atoms with Crippen LogP contribution in [0.1, 0.15) is 5.76 Å². The Hall–Kier alpha value is -2.64. The monoisotopic (exact) mass is 363 g/mol. The number of aryl methyl sites for hydroxylation is 1. The lowest BCUT2D eigenvalue weighted by Crippen LogP contribution is -2.09. The lowest BCUT2D eigenvalue weighted by atomic mass is 10.2. The average molecular weight is 364 g/mol. The predicted molar refractivity (Wildman–Crippen MR) is 90.6 cm³/mol. The van der Waals surface area contributed by atoms with Gasteiger partial charge in [-0.2, -0.15) is 4.80 Å². The summed E-state index contributed by atoms with van der Waals surface area (Å²) in [6.07, 6.45) is 2.84. The standard InChI is InChI=1S/C15H11Cl2N5O2/c1-22-20-15(19-21-22)18-14(23)5-3-12-2-4-13(24-12)9-6-10(16)8-11(17)7-9/h2-8H,1H3,(H,18,20,23)/b5-3+. The van der Waals surface area contributed by atoms with Gasteiger partial charge in [0, 0.05) is 21.7 Å². The van der Waals surface area contributed by atoms with Crippen LogP contribution in [0.3, 0.4) is 0 Å². The average Bonchev–Trinajstić information content (AvgIpc) is 3.13. The van der Waals surface area contributed by atoms with Gasteiger partial charge in [-0.1, -0.05) is 28.3 Å². The van der Waals surface area contributed by atoms with E-state index in [1.54, 1.807) is 37.4 Å². The predicted octanol–water partition coefficient (Wildman–Crippen LogP) is 3.43. The molecule has 1 N–H and O–H groups in total. The van der Waals surface area contributed by atoms with Crippen LogP contribution in [-0.2, 0) is 11.8 Å². The van der Waals surface area contributed by atoms with Gasteiger partial charge in [-0.25, -0.2) is 0 Å². The summed E-state index contributed by atoms with van der Waals surface area (Å²) in [5, 5.41) is 14.6. The van der Waals surface area contributed by atoms with Crippen molar-refractivity contribution in [3.8, 4) is 11.3 Å². The molecule has 0 fully saturated rings. The lowest BCUT2D eigenvalue weighted by Gasteiger charge is -1.99. The summed E-state index contributed by atoms with van der Waals surface area (Å²) in [5.74, 6) is 0.825. The van der Waals surface area contributed by atoms with Gasteiger partial charge in [0.15, 0.2) is 0 Å². The third-order valence-electron chi connectivity index (χ3n) is 2.92. The first-order valence-electron chi connectivity index (χ1n) is 6.79. The molecule has 2 heterocycles. The van der Waals surface area contributed by atoms with Crippen molar-refractivity contribution in [1.82, 2.24) is 20.2 Å². The molecule has 7 nitrogen and oxygen atoms in total. The van der Waals surface area contributed by atoms with Crippen molar-refractivity contribution in [2.45, 2.75) is 0 Å². The summed E-state index contributed by atoms with van der Waals surface area (Å²) in [6.45, 7) is 0. The van der Waals surface area contributed by atoms with Gasteiger partial charge in [0.2, 0.25) is 0 Å². The van der Waals surface area contributed by atoms with E-state index in [4.69, 9.17) is 27.6 Å². The maximum absolute atomic E-state index is 11.8. The maximum Gasteiger partial charge on any atom is 0.270 e. The molecule has 0 unspecified atom stereocenters. The zero-order valence-corrected chi connectivity index (χ0v) is 13.9. The molecule has 9 heteroatoms. The number of furan rings is 1. The van der Waals surface area contributed by atoms with Crippen molar-refractivity contribution in [2.24, 2.45) is 7.05 Å². The normalized spacial score (nSPS) is 11.1. The first-order valence-corrected chi connectivity index (χ1v) is 7.54. The maximum atomic E-state index is 11.8. The second-order valence-corrected chi connectivity index (χ2v) is 5.66. The number of halogens is 2. The van der Waals surface area contributed by atoms with E-state index in [2.05, 4.69) is 20.7 Å². The van der Waals surface area contributed by atoms with Gasteiger partial charge in [0.1, 0.15) is 11.5 Å². The van der Waals surface area contributed by atoms with Crippen molar-refractivity contribution in [1.29, 1.82) is 0 Å². The third kappa shape index (κ3) is 4.01. The van der Waals surface area contributed by atoms with Crippen LogP contribution < -0.4 is 5.32 Å². The topological polar surface area (TPSA) is 85.8 Å². The Labute approximate surface area is 146 Å². The summed E-state index contributed by atoms with van der Waals surface area (Å²) < 4.78 is 5.65. The number of carbonyl (C=O) groups is 1. The first-order chi connectivity index (χ1) is 11.5. The van der Waals surface area contributed by atoms with E-state index in [0.717, 1.165) is 5.56 Å². The molecule has 0 bridgehead atoms. The highest BCUT2D eigenvalue weighted by Crippen LogP contribution is 2.28. The second kappa shape index (κ2) is 6.86. The number of hydrogen-bond acceptors (Lipinski definition) is 5. The number of aromatic nitrogens is 4. The molecular formula is C15H11Cl2N5O2. The molecule has 0 atom stereocenters. The highest BCUT2D eigenvalue weighted by atomic mass is 35.5. The Balaban J connectivity index is 1.70. The van der Waals surface area contributed by atoms with Crippen LogP contribution in [0.15, 0.2) is 40.8 Å². The largest absolute Gasteiger partial charge is 0.457 e. The van der Waals surface area contributed by atoms with Gasteiger partial charge in [0.25, 0.3) is 11.9 Å². The van der Waals surface area contributed by atoms with Gasteiger partial charge < -0.3 is 4.42 Å². The molecule has 1 amide bonds. The Kier molecular flexibility index (Phi) is 4.64. The molecule has 0 saturated heterocycles. The number of tetrazole rings is 1. The fraction of sp³-hybridized carbons (Fsp3) is 0.0667. The van der Waals surface area contributed by atoms with Crippen molar-refractivity contribution >= 4 is 41.1 Å². The summed E-state index contributed by atoms with van der Waals surface area (Å²) in [6, 6.07) is 8.62.